The first-order valence-corrected chi connectivity index (χ1v) is 6.72. The molecule has 0 aliphatic carbocycles. The Hall–Kier alpha value is -2.36. The van der Waals surface area contributed by atoms with E-state index in [1.54, 1.807) is 43.1 Å². The van der Waals surface area contributed by atoms with Crippen LogP contribution in [-0.4, -0.2) is 23.0 Å². The highest BCUT2D eigenvalue weighted by atomic mass is 19.1. The second-order valence-electron chi connectivity index (χ2n) is 5.14. The van der Waals surface area contributed by atoms with Gasteiger partial charge in [-0.1, -0.05) is 12.1 Å². The number of carbonyl (C=O) groups excluding carboxylic acids is 1. The van der Waals surface area contributed by atoms with Gasteiger partial charge in [0.25, 0.3) is 5.91 Å². The lowest BCUT2D eigenvalue weighted by Gasteiger charge is -2.26. The van der Waals surface area contributed by atoms with Crippen LogP contribution in [0.2, 0.25) is 0 Å². The Labute approximate surface area is 123 Å². The van der Waals surface area contributed by atoms with E-state index in [1.165, 1.54) is 18.2 Å². The summed E-state index contributed by atoms with van der Waals surface area (Å²) in [6.07, 6.45) is 0. The highest BCUT2D eigenvalue weighted by molar-refractivity contribution is 5.95. The molecule has 1 unspecified atom stereocenters. The van der Waals surface area contributed by atoms with Crippen molar-refractivity contribution in [3.8, 4) is 5.75 Å². The molecular formula is C17H18FNO2. The molecule has 2 rings (SSSR count). The number of aryl methyl sites for hydroxylation is 1. The van der Waals surface area contributed by atoms with Gasteiger partial charge in [-0.05, 0) is 55.3 Å². The van der Waals surface area contributed by atoms with Gasteiger partial charge in [0.2, 0.25) is 0 Å². The van der Waals surface area contributed by atoms with Crippen LogP contribution in [0.4, 0.5) is 4.39 Å². The zero-order valence-electron chi connectivity index (χ0n) is 12.3. The summed E-state index contributed by atoms with van der Waals surface area (Å²) >= 11 is 0. The molecule has 0 aliphatic rings. The molecule has 4 heteroatoms. The van der Waals surface area contributed by atoms with E-state index in [-0.39, 0.29) is 23.5 Å². The molecule has 0 fully saturated rings. The summed E-state index contributed by atoms with van der Waals surface area (Å²) in [5.74, 6) is -0.319. The van der Waals surface area contributed by atoms with Gasteiger partial charge in [0.05, 0.1) is 6.04 Å². The molecule has 0 bridgehead atoms. The molecule has 110 valence electrons. The van der Waals surface area contributed by atoms with E-state index in [0.29, 0.717) is 11.1 Å². The van der Waals surface area contributed by atoms with Crippen LogP contribution < -0.4 is 0 Å². The monoisotopic (exact) mass is 287 g/mol. The van der Waals surface area contributed by atoms with Crippen molar-refractivity contribution in [2.75, 3.05) is 7.05 Å². The molecule has 3 nitrogen and oxygen atoms in total. The standard InChI is InChI=1S/C17H18FNO2/c1-11-10-14(18)6-9-16(11)17(21)19(3)12(2)13-4-7-15(20)8-5-13/h4-10,12,20H,1-3H3. The number of hydrogen-bond donors (Lipinski definition) is 1. The van der Waals surface area contributed by atoms with Gasteiger partial charge < -0.3 is 10.0 Å². The molecule has 1 N–H and O–H groups in total. The third kappa shape index (κ3) is 3.21. The molecule has 1 amide bonds. The fourth-order valence-electron chi connectivity index (χ4n) is 2.21. The van der Waals surface area contributed by atoms with Crippen molar-refractivity contribution in [2.45, 2.75) is 19.9 Å². The summed E-state index contributed by atoms with van der Waals surface area (Å²) < 4.78 is 13.1. The van der Waals surface area contributed by atoms with Crippen molar-refractivity contribution < 1.29 is 14.3 Å². The highest BCUT2D eigenvalue weighted by Gasteiger charge is 2.20. The summed E-state index contributed by atoms with van der Waals surface area (Å²) in [5, 5.41) is 9.31. The molecule has 0 aromatic heterocycles. The minimum atomic E-state index is -0.349. The maximum absolute atomic E-state index is 13.1. The van der Waals surface area contributed by atoms with Crippen molar-refractivity contribution in [3.63, 3.8) is 0 Å². The lowest BCUT2D eigenvalue weighted by Crippen LogP contribution is -2.30. The molecule has 2 aromatic carbocycles. The predicted octanol–water partition coefficient (Wildman–Crippen LogP) is 3.67. The number of rotatable bonds is 3. The first kappa shape index (κ1) is 15.0. The quantitative estimate of drug-likeness (QED) is 0.935. The Bertz CT molecular complexity index is 652. The van der Waals surface area contributed by atoms with Gasteiger partial charge in [-0.25, -0.2) is 4.39 Å². The zero-order chi connectivity index (χ0) is 15.6. The summed E-state index contributed by atoms with van der Waals surface area (Å²) in [4.78, 5) is 14.1. The van der Waals surface area contributed by atoms with Gasteiger partial charge in [0.1, 0.15) is 11.6 Å². The van der Waals surface area contributed by atoms with Gasteiger partial charge in [-0.3, -0.25) is 4.79 Å². The van der Waals surface area contributed by atoms with Crippen molar-refractivity contribution >= 4 is 5.91 Å². The largest absolute Gasteiger partial charge is 0.508 e. The van der Waals surface area contributed by atoms with Crippen LogP contribution in [0.1, 0.15) is 34.5 Å². The molecule has 0 aliphatic heterocycles. The number of carbonyl (C=O) groups is 1. The SMILES string of the molecule is Cc1cc(F)ccc1C(=O)N(C)C(C)c1ccc(O)cc1. The second-order valence-corrected chi connectivity index (χ2v) is 5.14. The van der Waals surface area contributed by atoms with E-state index in [0.717, 1.165) is 5.56 Å². The number of halogens is 1. The third-order valence-corrected chi connectivity index (χ3v) is 3.70. The van der Waals surface area contributed by atoms with Gasteiger partial charge >= 0.3 is 0 Å². The second kappa shape index (κ2) is 5.95. The van der Waals surface area contributed by atoms with E-state index in [1.807, 2.05) is 6.92 Å². The first-order valence-electron chi connectivity index (χ1n) is 6.72. The maximum Gasteiger partial charge on any atom is 0.254 e. The summed E-state index contributed by atoms with van der Waals surface area (Å²) in [6, 6.07) is 10.7. The molecule has 0 radical (unpaired) electrons. The molecule has 0 saturated heterocycles. The predicted molar refractivity (Wildman–Crippen MR) is 79.8 cm³/mol. The number of phenolic OH excluding ortho intramolecular Hbond substituents is 1. The lowest BCUT2D eigenvalue weighted by molar-refractivity contribution is 0.0742. The fourth-order valence-corrected chi connectivity index (χ4v) is 2.21. The molecule has 0 spiro atoms. The van der Waals surface area contributed by atoms with Gasteiger partial charge in [-0.2, -0.15) is 0 Å². The van der Waals surface area contributed by atoms with Crippen molar-refractivity contribution in [2.24, 2.45) is 0 Å². The fraction of sp³-hybridized carbons (Fsp3) is 0.235. The van der Waals surface area contributed by atoms with Crippen LogP contribution in [0.25, 0.3) is 0 Å². The number of aromatic hydroxyl groups is 1. The normalized spacial score (nSPS) is 12.0. The topological polar surface area (TPSA) is 40.5 Å². The smallest absolute Gasteiger partial charge is 0.254 e. The Balaban J connectivity index is 2.24. The lowest BCUT2D eigenvalue weighted by atomic mass is 10.0. The van der Waals surface area contributed by atoms with Crippen molar-refractivity contribution in [1.82, 2.24) is 4.90 Å². The molecule has 2 aromatic rings. The van der Waals surface area contributed by atoms with E-state index >= 15 is 0 Å². The van der Waals surface area contributed by atoms with Gasteiger partial charge in [0.15, 0.2) is 0 Å². The van der Waals surface area contributed by atoms with Crippen LogP contribution in [-0.2, 0) is 0 Å². The summed E-state index contributed by atoms with van der Waals surface area (Å²) in [7, 11) is 1.71. The number of nitrogens with zero attached hydrogens (tertiary/aromatic N) is 1. The average molecular weight is 287 g/mol. The minimum absolute atomic E-state index is 0.150. The molecule has 0 saturated carbocycles. The van der Waals surface area contributed by atoms with Crippen LogP contribution in [0, 0.1) is 12.7 Å². The Morgan fingerprint density at radius 2 is 1.81 bits per heavy atom. The van der Waals surface area contributed by atoms with E-state index in [4.69, 9.17) is 0 Å². The van der Waals surface area contributed by atoms with Gasteiger partial charge in [0, 0.05) is 12.6 Å². The molecule has 21 heavy (non-hydrogen) atoms. The summed E-state index contributed by atoms with van der Waals surface area (Å²) in [6.45, 7) is 3.62. The van der Waals surface area contributed by atoms with Crippen molar-refractivity contribution in [1.29, 1.82) is 0 Å². The average Bonchev–Trinajstić information content (AvgIpc) is 2.46. The van der Waals surface area contributed by atoms with E-state index < -0.39 is 0 Å². The van der Waals surface area contributed by atoms with E-state index in [9.17, 15) is 14.3 Å². The van der Waals surface area contributed by atoms with Crippen LogP contribution >= 0.6 is 0 Å². The minimum Gasteiger partial charge on any atom is -0.508 e. The number of phenols is 1. The molecule has 0 heterocycles. The third-order valence-electron chi connectivity index (χ3n) is 3.70. The zero-order valence-corrected chi connectivity index (χ0v) is 12.3. The number of amides is 1. The van der Waals surface area contributed by atoms with E-state index in [2.05, 4.69) is 0 Å². The Morgan fingerprint density at radius 1 is 1.19 bits per heavy atom. The Morgan fingerprint density at radius 3 is 2.38 bits per heavy atom. The Kier molecular flexibility index (Phi) is 4.26. The maximum atomic E-state index is 13.1. The van der Waals surface area contributed by atoms with Gasteiger partial charge in [-0.15, -0.1) is 0 Å². The first-order chi connectivity index (χ1) is 9.90. The van der Waals surface area contributed by atoms with Crippen LogP contribution in [0.5, 0.6) is 5.75 Å². The molecular weight excluding hydrogens is 269 g/mol. The van der Waals surface area contributed by atoms with Crippen molar-refractivity contribution in [3.05, 3.63) is 65.0 Å². The summed E-state index contributed by atoms with van der Waals surface area (Å²) in [5.41, 5.74) is 2.03. The highest BCUT2D eigenvalue weighted by Crippen LogP contribution is 2.23. The molecule has 1 atom stereocenters. The number of hydrogen-bond acceptors (Lipinski definition) is 2. The van der Waals surface area contributed by atoms with Crippen LogP contribution in [0.15, 0.2) is 42.5 Å². The van der Waals surface area contributed by atoms with Crippen LogP contribution in [0.3, 0.4) is 0 Å². The number of benzene rings is 2.